The lowest BCUT2D eigenvalue weighted by Crippen LogP contribution is -2.40. The van der Waals surface area contributed by atoms with Gasteiger partial charge < -0.3 is 29.7 Å². The molecule has 192 valence electrons. The Morgan fingerprint density at radius 2 is 1.95 bits per heavy atom. The number of aryl methyl sites for hydroxylation is 1. The molecule has 0 atom stereocenters. The Hall–Kier alpha value is -4.34. The summed E-state index contributed by atoms with van der Waals surface area (Å²) in [6.45, 7) is 1.52. The summed E-state index contributed by atoms with van der Waals surface area (Å²) in [4.78, 5) is 45.8. The van der Waals surface area contributed by atoms with E-state index in [9.17, 15) is 14.4 Å². The molecule has 10 heteroatoms. The van der Waals surface area contributed by atoms with Crippen molar-refractivity contribution in [3.05, 3.63) is 53.5 Å². The van der Waals surface area contributed by atoms with E-state index in [2.05, 4.69) is 20.5 Å². The van der Waals surface area contributed by atoms with E-state index >= 15 is 0 Å². The number of pyridine rings is 1. The zero-order chi connectivity index (χ0) is 26.3. The number of carbonyl (C=O) groups excluding carboxylic acids is 3. The first-order valence-electron chi connectivity index (χ1n) is 12.2. The second-order valence-electron chi connectivity index (χ2n) is 9.57. The Balaban J connectivity index is 1.45. The minimum absolute atomic E-state index is 0.0340. The number of nitrogens with one attached hydrogen (secondary N) is 2. The molecule has 1 aromatic carbocycles. The zero-order valence-electron chi connectivity index (χ0n) is 21.4. The molecular formula is C27H30N6O4. The van der Waals surface area contributed by atoms with Gasteiger partial charge in [0.2, 0.25) is 11.7 Å². The van der Waals surface area contributed by atoms with Crippen LogP contribution in [0, 0.1) is 5.92 Å². The van der Waals surface area contributed by atoms with Crippen molar-refractivity contribution < 1.29 is 19.1 Å². The van der Waals surface area contributed by atoms with Crippen LogP contribution in [0.2, 0.25) is 0 Å². The number of piperidine rings is 1. The number of amides is 3. The predicted molar refractivity (Wildman–Crippen MR) is 142 cm³/mol. The Kier molecular flexibility index (Phi) is 6.32. The third-order valence-corrected chi connectivity index (χ3v) is 6.93. The predicted octanol–water partition coefficient (Wildman–Crippen LogP) is 3.25. The molecule has 10 nitrogen and oxygen atoms in total. The molecule has 0 bridgehead atoms. The van der Waals surface area contributed by atoms with Crippen LogP contribution in [-0.4, -0.2) is 66.4 Å². The van der Waals surface area contributed by atoms with E-state index in [-0.39, 0.29) is 29.4 Å². The molecule has 2 aromatic heterocycles. The first-order valence-corrected chi connectivity index (χ1v) is 12.2. The van der Waals surface area contributed by atoms with Crippen LogP contribution in [0.3, 0.4) is 0 Å². The second-order valence-corrected chi connectivity index (χ2v) is 9.57. The number of ether oxygens (including phenoxy) is 1. The van der Waals surface area contributed by atoms with Gasteiger partial charge in [-0.25, -0.2) is 9.78 Å². The number of nitrogens with zero attached hydrogens (tertiary/aromatic N) is 4. The molecule has 3 aromatic rings. The average molecular weight is 503 g/mol. The fourth-order valence-corrected chi connectivity index (χ4v) is 5.03. The van der Waals surface area contributed by atoms with Crippen molar-refractivity contribution in [3.8, 4) is 5.75 Å². The summed E-state index contributed by atoms with van der Waals surface area (Å²) in [5, 5.41) is 6.10. The van der Waals surface area contributed by atoms with Gasteiger partial charge >= 0.3 is 6.03 Å². The van der Waals surface area contributed by atoms with Gasteiger partial charge in [0.1, 0.15) is 11.4 Å². The van der Waals surface area contributed by atoms with Gasteiger partial charge in [-0.1, -0.05) is 0 Å². The van der Waals surface area contributed by atoms with Gasteiger partial charge in [-0.2, -0.15) is 0 Å². The molecule has 3 amide bonds. The van der Waals surface area contributed by atoms with Gasteiger partial charge in [0.15, 0.2) is 5.76 Å². The van der Waals surface area contributed by atoms with Crippen molar-refractivity contribution in [1.82, 2.24) is 19.8 Å². The molecule has 1 fully saturated rings. The summed E-state index contributed by atoms with van der Waals surface area (Å²) in [6.07, 6.45) is 7.05. The van der Waals surface area contributed by atoms with Gasteiger partial charge in [0.25, 0.3) is 0 Å². The highest BCUT2D eigenvalue weighted by Crippen LogP contribution is 2.37. The number of urea groups is 1. The van der Waals surface area contributed by atoms with Crippen LogP contribution < -0.4 is 20.3 Å². The van der Waals surface area contributed by atoms with Gasteiger partial charge in [0.05, 0.1) is 5.56 Å². The fourth-order valence-electron chi connectivity index (χ4n) is 5.03. The SMILES string of the molecule is CNC(=O)Nc1ccc2c(c1)C(=O)/C(=C/c1cn(C)c3nccc(N4CCC(C(=O)N(C)C)CC4)c13)O2. The number of aromatic nitrogens is 2. The number of fused-ring (bicyclic) bond motifs is 2. The summed E-state index contributed by atoms with van der Waals surface area (Å²) in [6, 6.07) is 6.60. The number of anilines is 2. The number of carbonyl (C=O) groups is 3. The van der Waals surface area contributed by atoms with Crippen molar-refractivity contribution in [2.24, 2.45) is 13.0 Å². The topological polar surface area (TPSA) is 109 Å². The molecule has 5 rings (SSSR count). The molecule has 2 aliphatic rings. The van der Waals surface area contributed by atoms with E-state index in [0.717, 1.165) is 48.2 Å². The van der Waals surface area contributed by atoms with Crippen LogP contribution in [0.25, 0.3) is 17.1 Å². The van der Waals surface area contributed by atoms with Crippen LogP contribution in [0.4, 0.5) is 16.2 Å². The Morgan fingerprint density at radius 3 is 2.65 bits per heavy atom. The minimum Gasteiger partial charge on any atom is -0.452 e. The molecule has 1 saturated heterocycles. The first-order chi connectivity index (χ1) is 17.8. The number of benzene rings is 1. The molecular weight excluding hydrogens is 472 g/mol. The monoisotopic (exact) mass is 502 g/mol. The smallest absolute Gasteiger partial charge is 0.318 e. The number of ketones is 1. The summed E-state index contributed by atoms with van der Waals surface area (Å²) in [5.41, 5.74) is 3.55. The fraction of sp³-hybridized carbons (Fsp3) is 0.333. The van der Waals surface area contributed by atoms with E-state index in [1.807, 2.05) is 23.9 Å². The van der Waals surface area contributed by atoms with E-state index in [1.54, 1.807) is 49.5 Å². The van der Waals surface area contributed by atoms with Crippen LogP contribution in [-0.2, 0) is 11.8 Å². The van der Waals surface area contributed by atoms with Crippen LogP contribution in [0.5, 0.6) is 5.75 Å². The molecule has 0 unspecified atom stereocenters. The molecule has 0 radical (unpaired) electrons. The quantitative estimate of drug-likeness (QED) is 0.530. The van der Waals surface area contributed by atoms with Crippen molar-refractivity contribution in [3.63, 3.8) is 0 Å². The maximum absolute atomic E-state index is 13.2. The van der Waals surface area contributed by atoms with Crippen molar-refractivity contribution >= 4 is 46.2 Å². The summed E-state index contributed by atoms with van der Waals surface area (Å²) >= 11 is 0. The lowest BCUT2D eigenvalue weighted by molar-refractivity contribution is -0.133. The van der Waals surface area contributed by atoms with E-state index < -0.39 is 0 Å². The number of rotatable bonds is 4. The van der Waals surface area contributed by atoms with E-state index in [0.29, 0.717) is 17.0 Å². The maximum Gasteiger partial charge on any atom is 0.318 e. The van der Waals surface area contributed by atoms with Gasteiger partial charge in [0, 0.05) is 81.9 Å². The van der Waals surface area contributed by atoms with E-state index in [1.165, 1.54) is 7.05 Å². The Labute approximate surface area is 214 Å². The Bertz CT molecular complexity index is 1430. The van der Waals surface area contributed by atoms with E-state index in [4.69, 9.17) is 4.74 Å². The van der Waals surface area contributed by atoms with Crippen LogP contribution in [0.1, 0.15) is 28.8 Å². The highest BCUT2D eigenvalue weighted by atomic mass is 16.5. The third kappa shape index (κ3) is 4.50. The van der Waals surface area contributed by atoms with Gasteiger partial charge in [-0.3, -0.25) is 9.59 Å². The molecule has 4 heterocycles. The lowest BCUT2D eigenvalue weighted by Gasteiger charge is -2.34. The molecule has 0 spiro atoms. The first kappa shape index (κ1) is 24.4. The van der Waals surface area contributed by atoms with Crippen molar-refractivity contribution in [2.45, 2.75) is 12.8 Å². The lowest BCUT2D eigenvalue weighted by atomic mass is 9.95. The summed E-state index contributed by atoms with van der Waals surface area (Å²) in [7, 11) is 7.05. The molecule has 37 heavy (non-hydrogen) atoms. The standard InChI is InChI=1S/C27H30N6O4/c1-28-27(36)30-18-5-6-21-19(14-18)24(34)22(37-21)13-17-15-32(4)25-23(17)20(7-10-29-25)33-11-8-16(9-12-33)26(35)31(2)3/h5-7,10,13-16H,8-9,11-12H2,1-4H3,(H2,28,30,36)/b22-13-. The molecule has 2 N–H and O–H groups in total. The molecule has 0 aliphatic carbocycles. The molecule has 0 saturated carbocycles. The largest absolute Gasteiger partial charge is 0.452 e. The van der Waals surface area contributed by atoms with Crippen molar-refractivity contribution in [2.75, 3.05) is 44.4 Å². The van der Waals surface area contributed by atoms with Crippen LogP contribution in [0.15, 0.2) is 42.4 Å². The van der Waals surface area contributed by atoms with Crippen LogP contribution >= 0.6 is 0 Å². The normalized spacial score (nSPS) is 16.6. The van der Waals surface area contributed by atoms with Crippen molar-refractivity contribution in [1.29, 1.82) is 0 Å². The highest BCUT2D eigenvalue weighted by molar-refractivity contribution is 6.16. The highest BCUT2D eigenvalue weighted by Gasteiger charge is 2.30. The minimum atomic E-state index is -0.368. The third-order valence-electron chi connectivity index (χ3n) is 6.93. The number of hydrogen-bond acceptors (Lipinski definition) is 6. The summed E-state index contributed by atoms with van der Waals surface area (Å²) < 4.78 is 7.85. The van der Waals surface area contributed by atoms with Gasteiger partial charge in [-0.05, 0) is 43.2 Å². The number of Topliss-reactive ketones (excluding diaryl/α,β-unsaturated/α-hetero) is 1. The zero-order valence-corrected chi connectivity index (χ0v) is 21.4. The number of allylic oxidation sites excluding steroid dienone is 1. The second kappa shape index (κ2) is 9.61. The Morgan fingerprint density at radius 1 is 1.19 bits per heavy atom. The molecule has 2 aliphatic heterocycles. The van der Waals surface area contributed by atoms with Gasteiger partial charge in [-0.15, -0.1) is 0 Å². The average Bonchev–Trinajstić information content (AvgIpc) is 3.39. The maximum atomic E-state index is 13.2. The number of hydrogen-bond donors (Lipinski definition) is 2. The summed E-state index contributed by atoms with van der Waals surface area (Å²) in [5.74, 6) is 0.622.